The number of anilines is 1. The zero-order valence-electron chi connectivity index (χ0n) is 16.1. The van der Waals surface area contributed by atoms with E-state index in [9.17, 15) is 14.0 Å². The van der Waals surface area contributed by atoms with E-state index in [-0.39, 0.29) is 17.5 Å². The number of benzene rings is 1. The van der Waals surface area contributed by atoms with Gasteiger partial charge in [-0.25, -0.2) is 9.18 Å². The minimum Gasteiger partial charge on any atom is -0.462 e. The lowest BCUT2D eigenvalue weighted by Crippen LogP contribution is -2.13. The molecule has 0 bridgehead atoms. The van der Waals surface area contributed by atoms with Crippen LogP contribution in [-0.2, 0) is 16.6 Å². The number of rotatable bonds is 7. The fourth-order valence-electron chi connectivity index (χ4n) is 2.56. The molecule has 0 aliphatic heterocycles. The van der Waals surface area contributed by atoms with Gasteiger partial charge in [-0.2, -0.15) is 0 Å². The quantitative estimate of drug-likeness (QED) is 0.448. The Morgan fingerprint density at radius 3 is 2.79 bits per heavy atom. The summed E-state index contributed by atoms with van der Waals surface area (Å²) in [5.74, 6) is -0.553. The number of ether oxygens (including phenoxy) is 1. The maximum absolute atomic E-state index is 14.0. The molecular weight excluding hydrogens is 415 g/mol. The van der Waals surface area contributed by atoms with Crippen LogP contribution in [0.25, 0.3) is 11.4 Å². The SMILES string of the molecule is CCOC(=O)c1sc(NC(=O)CSc2nnc(-c3ccccc3F)n2C)cc1C. The Balaban J connectivity index is 1.63. The van der Waals surface area contributed by atoms with Gasteiger partial charge in [-0.15, -0.1) is 21.5 Å². The minimum absolute atomic E-state index is 0.0922. The van der Waals surface area contributed by atoms with Crippen molar-refractivity contribution in [3.63, 3.8) is 0 Å². The van der Waals surface area contributed by atoms with Crippen LogP contribution < -0.4 is 5.32 Å². The van der Waals surface area contributed by atoms with Crippen molar-refractivity contribution in [1.29, 1.82) is 0 Å². The molecule has 7 nitrogen and oxygen atoms in total. The normalized spacial score (nSPS) is 10.8. The van der Waals surface area contributed by atoms with Gasteiger partial charge in [-0.1, -0.05) is 23.9 Å². The Labute approximate surface area is 175 Å². The largest absolute Gasteiger partial charge is 0.462 e. The molecule has 0 aliphatic carbocycles. The van der Waals surface area contributed by atoms with Crippen molar-refractivity contribution in [3.8, 4) is 11.4 Å². The average Bonchev–Trinajstić information content (AvgIpc) is 3.23. The molecule has 0 atom stereocenters. The number of aryl methyl sites for hydroxylation is 1. The van der Waals surface area contributed by atoms with Crippen molar-refractivity contribution in [2.45, 2.75) is 19.0 Å². The predicted octanol–water partition coefficient (Wildman–Crippen LogP) is 3.90. The van der Waals surface area contributed by atoms with Gasteiger partial charge in [0, 0.05) is 7.05 Å². The maximum Gasteiger partial charge on any atom is 0.348 e. The third kappa shape index (κ3) is 4.83. The number of thioether (sulfide) groups is 1. The van der Waals surface area contributed by atoms with Gasteiger partial charge in [-0.05, 0) is 37.6 Å². The molecule has 0 saturated heterocycles. The fraction of sp³-hybridized carbons (Fsp3) is 0.263. The second-order valence-corrected chi connectivity index (χ2v) is 8.02. The number of hydrogen-bond acceptors (Lipinski definition) is 7. The van der Waals surface area contributed by atoms with Crippen LogP contribution in [0.5, 0.6) is 0 Å². The summed E-state index contributed by atoms with van der Waals surface area (Å²) in [5.41, 5.74) is 1.10. The van der Waals surface area contributed by atoms with Crippen molar-refractivity contribution in [2.75, 3.05) is 17.7 Å². The van der Waals surface area contributed by atoms with Crippen LogP contribution in [0.3, 0.4) is 0 Å². The van der Waals surface area contributed by atoms with Crippen molar-refractivity contribution in [3.05, 3.63) is 46.6 Å². The van der Waals surface area contributed by atoms with Gasteiger partial charge < -0.3 is 14.6 Å². The lowest BCUT2D eigenvalue weighted by atomic mass is 10.2. The summed E-state index contributed by atoms with van der Waals surface area (Å²) in [6.45, 7) is 3.82. The average molecular weight is 435 g/mol. The standard InChI is InChI=1S/C19H19FN4O3S2/c1-4-27-18(26)16-11(2)9-15(29-16)21-14(25)10-28-19-23-22-17(24(19)3)12-7-5-6-8-13(12)20/h5-9H,4,10H2,1-3H3,(H,21,25). The van der Waals surface area contributed by atoms with Gasteiger partial charge in [0.2, 0.25) is 5.91 Å². The third-order valence-electron chi connectivity index (χ3n) is 3.92. The van der Waals surface area contributed by atoms with Crippen molar-refractivity contribution in [1.82, 2.24) is 14.8 Å². The van der Waals surface area contributed by atoms with Crippen LogP contribution in [0, 0.1) is 12.7 Å². The number of amides is 1. The number of thiophene rings is 1. The van der Waals surface area contributed by atoms with E-state index in [0.29, 0.717) is 33.0 Å². The van der Waals surface area contributed by atoms with E-state index in [1.165, 1.54) is 29.2 Å². The van der Waals surface area contributed by atoms with Gasteiger partial charge in [0.1, 0.15) is 10.7 Å². The zero-order valence-corrected chi connectivity index (χ0v) is 17.7. The van der Waals surface area contributed by atoms with E-state index >= 15 is 0 Å². The number of nitrogens with one attached hydrogen (secondary N) is 1. The summed E-state index contributed by atoms with van der Waals surface area (Å²) in [4.78, 5) is 24.6. The first kappa shape index (κ1) is 21.0. The smallest absolute Gasteiger partial charge is 0.348 e. The zero-order chi connectivity index (χ0) is 21.0. The topological polar surface area (TPSA) is 86.1 Å². The fourth-order valence-corrected chi connectivity index (χ4v) is 4.26. The van der Waals surface area contributed by atoms with Gasteiger partial charge >= 0.3 is 5.97 Å². The number of carbonyl (C=O) groups excluding carboxylic acids is 2. The Kier molecular flexibility index (Phi) is 6.65. The summed E-state index contributed by atoms with van der Waals surface area (Å²) < 4.78 is 20.6. The van der Waals surface area contributed by atoms with Crippen LogP contribution >= 0.6 is 23.1 Å². The third-order valence-corrected chi connectivity index (χ3v) is 6.08. The van der Waals surface area contributed by atoms with Crippen molar-refractivity contribution in [2.24, 2.45) is 7.05 Å². The van der Waals surface area contributed by atoms with Crippen LogP contribution in [0.2, 0.25) is 0 Å². The number of nitrogens with zero attached hydrogens (tertiary/aromatic N) is 3. The highest BCUT2D eigenvalue weighted by molar-refractivity contribution is 7.99. The summed E-state index contributed by atoms with van der Waals surface area (Å²) in [6, 6.07) is 8.05. The number of aromatic nitrogens is 3. The van der Waals surface area contributed by atoms with E-state index in [1.54, 1.807) is 49.7 Å². The first-order valence-corrected chi connectivity index (χ1v) is 10.6. The van der Waals surface area contributed by atoms with Gasteiger partial charge in [0.25, 0.3) is 0 Å². The molecule has 0 saturated carbocycles. The molecule has 1 aromatic carbocycles. The second kappa shape index (κ2) is 9.19. The van der Waals surface area contributed by atoms with Crippen LogP contribution in [0.1, 0.15) is 22.2 Å². The van der Waals surface area contributed by atoms with E-state index in [2.05, 4.69) is 15.5 Å². The molecule has 0 radical (unpaired) electrons. The number of esters is 1. The molecule has 0 aliphatic rings. The molecule has 0 unspecified atom stereocenters. The van der Waals surface area contributed by atoms with Crippen molar-refractivity contribution >= 4 is 40.0 Å². The van der Waals surface area contributed by atoms with Crippen LogP contribution in [0.4, 0.5) is 9.39 Å². The molecule has 1 amide bonds. The van der Waals surface area contributed by atoms with Crippen LogP contribution in [0.15, 0.2) is 35.5 Å². The first-order valence-electron chi connectivity index (χ1n) is 8.75. The summed E-state index contributed by atoms with van der Waals surface area (Å²) in [6.07, 6.45) is 0. The van der Waals surface area contributed by atoms with E-state index in [4.69, 9.17) is 4.74 Å². The van der Waals surface area contributed by atoms with Crippen LogP contribution in [-0.4, -0.2) is 39.0 Å². The van der Waals surface area contributed by atoms with Gasteiger partial charge in [-0.3, -0.25) is 4.79 Å². The lowest BCUT2D eigenvalue weighted by Gasteiger charge is -2.05. The van der Waals surface area contributed by atoms with Crippen molar-refractivity contribution < 1.29 is 18.7 Å². The molecule has 2 heterocycles. The Morgan fingerprint density at radius 2 is 2.07 bits per heavy atom. The van der Waals surface area contributed by atoms with E-state index < -0.39 is 5.97 Å². The molecule has 10 heteroatoms. The molecule has 3 rings (SSSR count). The highest BCUT2D eigenvalue weighted by atomic mass is 32.2. The maximum atomic E-state index is 14.0. The van der Waals surface area contributed by atoms with Gasteiger partial charge in [0.15, 0.2) is 11.0 Å². The highest BCUT2D eigenvalue weighted by Crippen LogP contribution is 2.28. The second-order valence-electron chi connectivity index (χ2n) is 6.03. The molecular formula is C19H19FN4O3S2. The van der Waals surface area contributed by atoms with E-state index in [1.807, 2.05) is 0 Å². The molecule has 3 aromatic rings. The lowest BCUT2D eigenvalue weighted by molar-refractivity contribution is -0.113. The number of hydrogen-bond donors (Lipinski definition) is 1. The predicted molar refractivity (Wildman–Crippen MR) is 111 cm³/mol. The summed E-state index contributed by atoms with van der Waals surface area (Å²) >= 11 is 2.36. The molecule has 152 valence electrons. The Bertz CT molecular complexity index is 1050. The highest BCUT2D eigenvalue weighted by Gasteiger charge is 2.18. The molecule has 0 spiro atoms. The molecule has 29 heavy (non-hydrogen) atoms. The molecule has 2 aromatic heterocycles. The minimum atomic E-state index is -0.398. The first-order chi connectivity index (χ1) is 13.9. The summed E-state index contributed by atoms with van der Waals surface area (Å²) in [7, 11) is 1.72. The molecule has 0 fully saturated rings. The Hall–Kier alpha value is -2.72. The monoisotopic (exact) mass is 434 g/mol. The summed E-state index contributed by atoms with van der Waals surface area (Å²) in [5, 5.41) is 11.9. The van der Waals surface area contributed by atoms with Gasteiger partial charge in [0.05, 0.1) is 22.9 Å². The Morgan fingerprint density at radius 1 is 1.31 bits per heavy atom. The number of halogens is 1. The number of carbonyl (C=O) groups is 2. The molecule has 1 N–H and O–H groups in total. The van der Waals surface area contributed by atoms with E-state index in [0.717, 1.165) is 5.56 Å².